The number of hydrogen-bond acceptors (Lipinski definition) is 4. The molecule has 0 aliphatic rings. The van der Waals surface area contributed by atoms with Gasteiger partial charge in [0.25, 0.3) is 0 Å². The van der Waals surface area contributed by atoms with Gasteiger partial charge in [0.15, 0.2) is 0 Å². The Morgan fingerprint density at radius 3 is 2.93 bits per heavy atom. The average molecular weight is 245 g/mol. The number of nitrogens with two attached hydrogens (primary N) is 1. The lowest BCUT2D eigenvalue weighted by molar-refractivity contribution is 0.182. The fourth-order valence-electron chi connectivity index (χ4n) is 1.31. The quantitative estimate of drug-likeness (QED) is 0.573. The van der Waals surface area contributed by atoms with Crippen molar-refractivity contribution < 1.29 is 5.11 Å². The zero-order valence-corrected chi connectivity index (χ0v) is 10.7. The molecular weight excluding hydrogens is 226 g/mol. The van der Waals surface area contributed by atoms with Crippen molar-refractivity contribution in [3.8, 4) is 0 Å². The monoisotopic (exact) mass is 245 g/mol. The molecule has 0 aliphatic heterocycles. The minimum Gasteiger partial charge on any atom is -0.394 e. The molecule has 1 rings (SSSR count). The van der Waals surface area contributed by atoms with Crippen molar-refractivity contribution in [2.24, 2.45) is 5.73 Å². The van der Waals surface area contributed by atoms with Gasteiger partial charge in [-0.25, -0.2) is 0 Å². The van der Waals surface area contributed by atoms with Gasteiger partial charge in [-0.15, -0.1) is 23.1 Å². The minimum atomic E-state index is -0.365. The highest BCUT2D eigenvalue weighted by Gasteiger charge is 2.20. The lowest BCUT2D eigenvalue weighted by atomic mass is 9.93. The van der Waals surface area contributed by atoms with Crippen LogP contribution in [-0.2, 0) is 0 Å². The van der Waals surface area contributed by atoms with E-state index in [0.717, 1.165) is 25.0 Å². The molecule has 1 aromatic heterocycles. The van der Waals surface area contributed by atoms with E-state index < -0.39 is 0 Å². The summed E-state index contributed by atoms with van der Waals surface area (Å²) in [6.45, 7) is 2.12. The Hall–Kier alpha value is -0.0300. The van der Waals surface area contributed by atoms with Gasteiger partial charge in [0.2, 0.25) is 0 Å². The van der Waals surface area contributed by atoms with Crippen molar-refractivity contribution in [1.29, 1.82) is 0 Å². The first kappa shape index (κ1) is 13.0. The number of thiophene rings is 1. The number of aliphatic hydroxyl groups is 1. The van der Waals surface area contributed by atoms with E-state index in [4.69, 9.17) is 10.8 Å². The number of rotatable bonds is 7. The summed E-state index contributed by atoms with van der Waals surface area (Å²) in [5.74, 6) is 1.08. The zero-order valence-electron chi connectivity index (χ0n) is 9.11. The van der Waals surface area contributed by atoms with Crippen molar-refractivity contribution in [2.75, 3.05) is 12.4 Å². The molecule has 1 atom stereocenters. The van der Waals surface area contributed by atoms with Crippen molar-refractivity contribution in [3.05, 3.63) is 17.5 Å². The zero-order chi connectivity index (χ0) is 11.1. The van der Waals surface area contributed by atoms with Crippen molar-refractivity contribution in [1.82, 2.24) is 0 Å². The van der Waals surface area contributed by atoms with Gasteiger partial charge in [0.1, 0.15) is 0 Å². The van der Waals surface area contributed by atoms with E-state index in [1.807, 2.05) is 18.7 Å². The summed E-state index contributed by atoms with van der Waals surface area (Å²) in [7, 11) is 0. The molecule has 86 valence electrons. The Morgan fingerprint density at radius 2 is 2.40 bits per heavy atom. The normalized spacial score (nSPS) is 15.1. The Morgan fingerprint density at radius 1 is 1.60 bits per heavy atom. The molecule has 0 radical (unpaired) electrons. The molecule has 1 unspecified atom stereocenters. The van der Waals surface area contributed by atoms with Gasteiger partial charge in [-0.3, -0.25) is 0 Å². The van der Waals surface area contributed by atoms with Gasteiger partial charge in [-0.05, 0) is 36.5 Å². The highest BCUT2D eigenvalue weighted by molar-refractivity contribution is 8.01. The van der Waals surface area contributed by atoms with Gasteiger partial charge >= 0.3 is 0 Å². The maximum atomic E-state index is 9.14. The molecule has 0 spiro atoms. The SMILES string of the molecule is CCC(N)(CO)CCCSc1cccs1. The van der Waals surface area contributed by atoms with Crippen molar-refractivity contribution in [2.45, 2.75) is 35.9 Å². The van der Waals surface area contributed by atoms with Crippen molar-refractivity contribution >= 4 is 23.1 Å². The first-order valence-electron chi connectivity index (χ1n) is 5.26. The summed E-state index contributed by atoms with van der Waals surface area (Å²) >= 11 is 3.64. The topological polar surface area (TPSA) is 46.2 Å². The highest BCUT2D eigenvalue weighted by Crippen LogP contribution is 2.25. The van der Waals surface area contributed by atoms with Crippen LogP contribution in [0, 0.1) is 0 Å². The predicted molar refractivity (Wildman–Crippen MR) is 68.6 cm³/mol. The Bertz CT molecular complexity index is 258. The molecule has 0 aliphatic carbocycles. The number of hydrogen-bond donors (Lipinski definition) is 2. The van der Waals surface area contributed by atoms with Crippen LogP contribution in [0.15, 0.2) is 21.7 Å². The molecule has 0 fully saturated rings. The third-order valence-electron chi connectivity index (χ3n) is 2.58. The van der Waals surface area contributed by atoms with Crippen LogP contribution in [0.5, 0.6) is 0 Å². The third kappa shape index (κ3) is 4.55. The van der Waals surface area contributed by atoms with Crippen LogP contribution in [0.1, 0.15) is 26.2 Å². The second-order valence-electron chi connectivity index (χ2n) is 3.76. The van der Waals surface area contributed by atoms with Crippen molar-refractivity contribution in [3.63, 3.8) is 0 Å². The van der Waals surface area contributed by atoms with E-state index in [-0.39, 0.29) is 12.1 Å². The smallest absolute Gasteiger partial charge is 0.0611 e. The Labute approximate surface area is 99.9 Å². The largest absolute Gasteiger partial charge is 0.394 e. The lowest BCUT2D eigenvalue weighted by Crippen LogP contribution is -2.42. The minimum absolute atomic E-state index is 0.0904. The summed E-state index contributed by atoms with van der Waals surface area (Å²) in [4.78, 5) is 0. The third-order valence-corrected chi connectivity index (χ3v) is 4.79. The van der Waals surface area contributed by atoms with Gasteiger partial charge in [0.05, 0.1) is 10.8 Å². The number of aliphatic hydroxyl groups excluding tert-OH is 1. The van der Waals surface area contributed by atoms with E-state index >= 15 is 0 Å². The second-order valence-corrected chi connectivity index (χ2v) is 6.10. The maximum Gasteiger partial charge on any atom is 0.0611 e. The molecule has 0 amide bonds. The fraction of sp³-hybridized carbons (Fsp3) is 0.636. The maximum absolute atomic E-state index is 9.14. The lowest BCUT2D eigenvalue weighted by Gasteiger charge is -2.25. The van der Waals surface area contributed by atoms with Crippen LogP contribution in [0.3, 0.4) is 0 Å². The highest BCUT2D eigenvalue weighted by atomic mass is 32.2. The van der Waals surface area contributed by atoms with Gasteiger partial charge in [-0.2, -0.15) is 0 Å². The van der Waals surface area contributed by atoms with E-state index in [0.29, 0.717) is 0 Å². The summed E-state index contributed by atoms with van der Waals surface area (Å²) < 4.78 is 1.36. The van der Waals surface area contributed by atoms with E-state index in [2.05, 4.69) is 17.5 Å². The molecule has 4 heteroatoms. The summed E-state index contributed by atoms with van der Waals surface area (Å²) in [5.41, 5.74) is 5.63. The van der Waals surface area contributed by atoms with Crippen LogP contribution in [0.25, 0.3) is 0 Å². The molecular formula is C11H19NOS2. The molecule has 0 saturated carbocycles. The summed E-state index contributed by atoms with van der Waals surface area (Å²) in [6.07, 6.45) is 2.80. The van der Waals surface area contributed by atoms with Crippen LogP contribution in [0.2, 0.25) is 0 Å². The molecule has 15 heavy (non-hydrogen) atoms. The first-order valence-corrected chi connectivity index (χ1v) is 7.13. The number of thioether (sulfide) groups is 1. The van der Waals surface area contributed by atoms with E-state index in [1.54, 1.807) is 11.3 Å². The van der Waals surface area contributed by atoms with Crippen LogP contribution in [-0.4, -0.2) is 23.0 Å². The van der Waals surface area contributed by atoms with E-state index in [9.17, 15) is 0 Å². The predicted octanol–water partition coefficient (Wildman–Crippen LogP) is 2.72. The average Bonchev–Trinajstić information content (AvgIpc) is 2.77. The summed E-state index contributed by atoms with van der Waals surface area (Å²) in [6, 6.07) is 4.21. The standard InChI is InChI=1S/C11H19NOS2/c1-2-11(12,9-13)6-4-8-15-10-5-3-7-14-10/h3,5,7,13H,2,4,6,8-9,12H2,1H3. The Balaban J connectivity index is 2.16. The second kappa shape index (κ2) is 6.53. The van der Waals surface area contributed by atoms with Gasteiger partial charge < -0.3 is 10.8 Å². The summed E-state index contributed by atoms with van der Waals surface area (Å²) in [5, 5.41) is 11.2. The molecule has 1 aromatic rings. The molecule has 0 bridgehead atoms. The molecule has 0 aromatic carbocycles. The molecule has 1 heterocycles. The fourth-order valence-corrected chi connectivity index (χ4v) is 3.11. The van der Waals surface area contributed by atoms with E-state index in [1.165, 1.54) is 4.21 Å². The molecule has 0 saturated heterocycles. The molecule has 2 nitrogen and oxygen atoms in total. The Kier molecular flexibility index (Phi) is 5.68. The van der Waals surface area contributed by atoms with Crippen LogP contribution >= 0.6 is 23.1 Å². The van der Waals surface area contributed by atoms with Crippen LogP contribution in [0.4, 0.5) is 0 Å². The first-order chi connectivity index (χ1) is 7.20. The van der Waals surface area contributed by atoms with Gasteiger partial charge in [-0.1, -0.05) is 13.0 Å². The van der Waals surface area contributed by atoms with Gasteiger partial charge in [0, 0.05) is 5.54 Å². The van der Waals surface area contributed by atoms with Crippen LogP contribution < -0.4 is 5.73 Å². The molecule has 3 N–H and O–H groups in total.